The van der Waals surface area contributed by atoms with E-state index in [2.05, 4.69) is 24.1 Å². The number of aromatic nitrogens is 1. The van der Waals surface area contributed by atoms with Crippen LogP contribution in [0.1, 0.15) is 59.3 Å². The number of aliphatic hydroxyl groups is 1. The Morgan fingerprint density at radius 1 is 1.30 bits per heavy atom. The number of hydrogen-bond donors (Lipinski definition) is 2. The van der Waals surface area contributed by atoms with Crippen molar-refractivity contribution in [2.45, 2.75) is 77.5 Å². The molecule has 1 aliphatic carbocycles. The molecule has 0 aromatic carbocycles. The molecule has 1 aromatic rings. The normalized spacial score (nSPS) is 40.9. The standard InChI is InChI=1S/C23H33FN2O4/c1-13-4-6-17-14(2)18(7-9-20(27)26-15-5-8-19(24)25-12-15)29-22-21(17)16(13)10-11-23(3,28)30-22/h5,8,12-14,16-18,21-22,28H,4,6-7,9-11H2,1-3H3,(H,26,27). The summed E-state index contributed by atoms with van der Waals surface area (Å²) in [6, 6.07) is 2.72. The topological polar surface area (TPSA) is 80.7 Å². The molecule has 1 aromatic heterocycles. The van der Waals surface area contributed by atoms with E-state index >= 15 is 0 Å². The first-order valence-electron chi connectivity index (χ1n) is 11.2. The van der Waals surface area contributed by atoms with Gasteiger partial charge >= 0.3 is 0 Å². The van der Waals surface area contributed by atoms with Crippen molar-refractivity contribution in [2.75, 3.05) is 5.32 Å². The molecule has 3 fully saturated rings. The van der Waals surface area contributed by atoms with Gasteiger partial charge in [-0.1, -0.05) is 20.3 Å². The van der Waals surface area contributed by atoms with Gasteiger partial charge in [0.2, 0.25) is 11.9 Å². The molecule has 6 nitrogen and oxygen atoms in total. The molecule has 3 heterocycles. The quantitative estimate of drug-likeness (QED) is 0.717. The Hall–Kier alpha value is -1.57. The van der Waals surface area contributed by atoms with E-state index in [1.807, 2.05) is 0 Å². The van der Waals surface area contributed by atoms with Crippen LogP contribution in [0.3, 0.4) is 0 Å². The van der Waals surface area contributed by atoms with Crippen LogP contribution in [0.25, 0.3) is 0 Å². The van der Waals surface area contributed by atoms with Gasteiger partial charge in [0.25, 0.3) is 0 Å². The minimum absolute atomic E-state index is 0.101. The molecule has 2 N–H and O–H groups in total. The second-order valence-electron chi connectivity index (χ2n) is 9.65. The highest BCUT2D eigenvalue weighted by molar-refractivity contribution is 5.90. The molecule has 30 heavy (non-hydrogen) atoms. The Labute approximate surface area is 177 Å². The van der Waals surface area contributed by atoms with Gasteiger partial charge in [-0.05, 0) is 62.0 Å². The summed E-state index contributed by atoms with van der Waals surface area (Å²) in [6.45, 7) is 6.26. The molecular formula is C23H33FN2O4. The van der Waals surface area contributed by atoms with E-state index in [9.17, 15) is 14.3 Å². The van der Waals surface area contributed by atoms with Gasteiger partial charge in [-0.15, -0.1) is 0 Å². The number of anilines is 1. The average molecular weight is 421 g/mol. The molecule has 1 saturated carbocycles. The predicted octanol–water partition coefficient (Wildman–Crippen LogP) is 4.10. The highest BCUT2D eigenvalue weighted by Gasteiger charge is 2.53. The minimum Gasteiger partial charge on any atom is -0.366 e. The summed E-state index contributed by atoms with van der Waals surface area (Å²) >= 11 is 0. The molecule has 4 rings (SSSR count). The smallest absolute Gasteiger partial charge is 0.224 e. The highest BCUT2D eigenvalue weighted by atomic mass is 19.1. The number of hydrogen-bond acceptors (Lipinski definition) is 5. The largest absolute Gasteiger partial charge is 0.366 e. The molecule has 0 bridgehead atoms. The average Bonchev–Trinajstić information content (AvgIpc) is 2.83. The van der Waals surface area contributed by atoms with Gasteiger partial charge in [0, 0.05) is 18.8 Å². The minimum atomic E-state index is -1.18. The van der Waals surface area contributed by atoms with Gasteiger partial charge in [0.1, 0.15) is 0 Å². The predicted molar refractivity (Wildman–Crippen MR) is 110 cm³/mol. The van der Waals surface area contributed by atoms with Crippen molar-refractivity contribution < 1.29 is 23.8 Å². The number of carbonyl (C=O) groups excluding carboxylic acids is 1. The van der Waals surface area contributed by atoms with Crippen LogP contribution in [-0.2, 0) is 14.3 Å². The number of carbonyl (C=O) groups is 1. The summed E-state index contributed by atoms with van der Waals surface area (Å²) < 4.78 is 25.4. The van der Waals surface area contributed by atoms with E-state index in [0.717, 1.165) is 12.8 Å². The van der Waals surface area contributed by atoms with Crippen LogP contribution in [0.4, 0.5) is 10.1 Å². The van der Waals surface area contributed by atoms with E-state index in [4.69, 9.17) is 9.47 Å². The Balaban J connectivity index is 1.42. The van der Waals surface area contributed by atoms with Gasteiger partial charge in [-0.25, -0.2) is 4.98 Å². The first-order chi connectivity index (χ1) is 14.2. The zero-order valence-electron chi connectivity index (χ0n) is 18.0. The monoisotopic (exact) mass is 420 g/mol. The number of nitrogens with zero attached hydrogens (tertiary/aromatic N) is 1. The van der Waals surface area contributed by atoms with Gasteiger partial charge in [0.05, 0.1) is 18.0 Å². The number of rotatable bonds is 4. The van der Waals surface area contributed by atoms with E-state index in [-0.39, 0.29) is 12.0 Å². The molecule has 3 aliphatic rings. The van der Waals surface area contributed by atoms with Crippen molar-refractivity contribution in [3.8, 4) is 0 Å². The number of pyridine rings is 1. The summed E-state index contributed by atoms with van der Waals surface area (Å²) in [5, 5.41) is 13.4. The van der Waals surface area contributed by atoms with Crippen molar-refractivity contribution >= 4 is 11.6 Å². The van der Waals surface area contributed by atoms with Crippen molar-refractivity contribution in [1.82, 2.24) is 4.98 Å². The number of halogens is 1. The van der Waals surface area contributed by atoms with Gasteiger partial charge in [-0.2, -0.15) is 4.39 Å². The van der Waals surface area contributed by atoms with E-state index < -0.39 is 18.0 Å². The Morgan fingerprint density at radius 2 is 2.10 bits per heavy atom. The molecule has 2 aliphatic heterocycles. The maximum Gasteiger partial charge on any atom is 0.224 e. The SMILES string of the molecule is CC1CCC2C(C)C(CCC(=O)Nc3ccc(F)nc3)OC3OC(C)(O)CCC1C32. The molecule has 166 valence electrons. The van der Waals surface area contributed by atoms with Crippen LogP contribution in [0.15, 0.2) is 18.3 Å². The van der Waals surface area contributed by atoms with Crippen LogP contribution in [-0.4, -0.2) is 34.2 Å². The summed E-state index contributed by atoms with van der Waals surface area (Å²) in [5.74, 6) is 0.310. The Kier molecular flexibility index (Phi) is 6.15. The summed E-state index contributed by atoms with van der Waals surface area (Å²) in [6.07, 6.45) is 5.57. The summed E-state index contributed by atoms with van der Waals surface area (Å²) in [4.78, 5) is 15.9. The van der Waals surface area contributed by atoms with Crippen LogP contribution >= 0.6 is 0 Å². The van der Waals surface area contributed by atoms with Crippen molar-refractivity contribution in [3.63, 3.8) is 0 Å². The molecule has 2 saturated heterocycles. The molecule has 8 atom stereocenters. The van der Waals surface area contributed by atoms with Crippen LogP contribution in [0.2, 0.25) is 0 Å². The zero-order valence-corrected chi connectivity index (χ0v) is 18.0. The molecule has 1 amide bonds. The number of ether oxygens (including phenoxy) is 2. The van der Waals surface area contributed by atoms with E-state index in [1.54, 1.807) is 6.92 Å². The first-order valence-corrected chi connectivity index (χ1v) is 11.2. The lowest BCUT2D eigenvalue weighted by atomic mass is 9.60. The number of amides is 1. The van der Waals surface area contributed by atoms with Crippen molar-refractivity contribution in [3.05, 3.63) is 24.3 Å². The molecule has 7 heteroatoms. The second-order valence-corrected chi connectivity index (χ2v) is 9.65. The van der Waals surface area contributed by atoms with Crippen LogP contribution < -0.4 is 5.32 Å². The molecule has 0 spiro atoms. The highest BCUT2D eigenvalue weighted by Crippen LogP contribution is 2.53. The Bertz CT molecular complexity index is 756. The number of nitrogens with one attached hydrogen (secondary N) is 1. The van der Waals surface area contributed by atoms with Crippen molar-refractivity contribution in [1.29, 1.82) is 0 Å². The van der Waals surface area contributed by atoms with E-state index in [1.165, 1.54) is 24.8 Å². The molecule has 0 radical (unpaired) electrons. The van der Waals surface area contributed by atoms with Gasteiger partial charge in [-0.3, -0.25) is 4.79 Å². The first kappa shape index (κ1) is 21.7. The third-order valence-corrected chi connectivity index (χ3v) is 7.54. The zero-order chi connectivity index (χ0) is 21.5. The van der Waals surface area contributed by atoms with E-state index in [0.29, 0.717) is 54.5 Å². The second kappa shape index (κ2) is 8.52. The fourth-order valence-corrected chi connectivity index (χ4v) is 5.84. The molecule has 8 unspecified atom stereocenters. The van der Waals surface area contributed by atoms with Gasteiger partial charge < -0.3 is 19.9 Å². The Morgan fingerprint density at radius 3 is 2.83 bits per heavy atom. The van der Waals surface area contributed by atoms with Crippen molar-refractivity contribution in [2.24, 2.45) is 29.6 Å². The molecular weight excluding hydrogens is 387 g/mol. The van der Waals surface area contributed by atoms with Gasteiger partial charge in [0.15, 0.2) is 12.1 Å². The summed E-state index contributed by atoms with van der Waals surface area (Å²) in [5.41, 5.74) is 0.478. The lowest BCUT2D eigenvalue weighted by molar-refractivity contribution is -0.335. The fraction of sp³-hybridized carbons (Fsp3) is 0.739. The maximum atomic E-state index is 12.9. The van der Waals surface area contributed by atoms with Crippen LogP contribution in [0.5, 0.6) is 0 Å². The summed E-state index contributed by atoms with van der Waals surface area (Å²) in [7, 11) is 0. The maximum absolute atomic E-state index is 12.9. The third-order valence-electron chi connectivity index (χ3n) is 7.54. The van der Waals surface area contributed by atoms with Crippen LogP contribution in [0, 0.1) is 35.5 Å². The lowest BCUT2D eigenvalue weighted by Crippen LogP contribution is -2.53. The lowest BCUT2D eigenvalue weighted by Gasteiger charge is -2.52. The fourth-order valence-electron chi connectivity index (χ4n) is 5.84. The third kappa shape index (κ3) is 4.53.